The van der Waals surface area contributed by atoms with Gasteiger partial charge < -0.3 is 14.4 Å². The highest BCUT2D eigenvalue weighted by atomic mass is 16.5. The van der Waals surface area contributed by atoms with Gasteiger partial charge in [-0.25, -0.2) is 4.98 Å². The van der Waals surface area contributed by atoms with Gasteiger partial charge in [0, 0.05) is 11.3 Å². The molecule has 2 rings (SSSR count). The number of carbonyl (C=O) groups excluding carboxylic acids is 1. The normalized spacial score (nSPS) is 12.2. The van der Waals surface area contributed by atoms with Crippen LogP contribution in [0.3, 0.4) is 0 Å². The quantitative estimate of drug-likeness (QED) is 0.827. The van der Waals surface area contributed by atoms with Crippen molar-refractivity contribution in [1.29, 1.82) is 0 Å². The molecule has 0 aliphatic carbocycles. The van der Waals surface area contributed by atoms with Crippen LogP contribution in [0, 0.1) is 13.8 Å². The van der Waals surface area contributed by atoms with Crippen molar-refractivity contribution in [2.75, 3.05) is 6.61 Å². The van der Waals surface area contributed by atoms with Crippen molar-refractivity contribution in [2.45, 2.75) is 33.4 Å². The number of imidazole rings is 1. The van der Waals surface area contributed by atoms with Gasteiger partial charge in [0.05, 0.1) is 18.6 Å². The zero-order valence-electron chi connectivity index (χ0n) is 12.5. The minimum atomic E-state index is -0.640. The molecule has 21 heavy (non-hydrogen) atoms. The summed E-state index contributed by atoms with van der Waals surface area (Å²) in [5, 5.41) is 10.0. The van der Waals surface area contributed by atoms with Crippen molar-refractivity contribution in [2.24, 2.45) is 0 Å². The number of ketones is 1. The Morgan fingerprint density at radius 2 is 2.19 bits per heavy atom. The minimum absolute atomic E-state index is 0.00878. The summed E-state index contributed by atoms with van der Waals surface area (Å²) in [7, 11) is 0. The average Bonchev–Trinajstić information content (AvgIpc) is 2.77. The lowest BCUT2D eigenvalue weighted by atomic mass is 10.1. The summed E-state index contributed by atoms with van der Waals surface area (Å²) in [4.78, 5) is 15.5. The van der Waals surface area contributed by atoms with Crippen molar-refractivity contribution < 1.29 is 14.6 Å². The van der Waals surface area contributed by atoms with E-state index in [1.807, 2.05) is 18.4 Å². The fourth-order valence-electron chi connectivity index (χ4n) is 2.01. The summed E-state index contributed by atoms with van der Waals surface area (Å²) >= 11 is 0. The zero-order valence-corrected chi connectivity index (χ0v) is 12.5. The Hall–Kier alpha value is -2.14. The van der Waals surface area contributed by atoms with E-state index >= 15 is 0 Å². The average molecular weight is 288 g/mol. The van der Waals surface area contributed by atoms with Crippen molar-refractivity contribution in [3.63, 3.8) is 0 Å². The molecule has 0 radical (unpaired) electrons. The molecule has 0 saturated heterocycles. The molecule has 1 aromatic heterocycles. The van der Waals surface area contributed by atoms with Gasteiger partial charge in [0.15, 0.2) is 5.78 Å². The highest BCUT2D eigenvalue weighted by Gasteiger charge is 2.10. The van der Waals surface area contributed by atoms with Crippen LogP contribution in [0.25, 0.3) is 0 Å². The molecule has 1 atom stereocenters. The molecular weight excluding hydrogens is 268 g/mol. The lowest BCUT2D eigenvalue weighted by Crippen LogP contribution is -2.23. The maximum Gasteiger partial charge on any atom is 0.159 e. The number of hydrogen-bond donors (Lipinski definition) is 1. The Balaban J connectivity index is 1.92. The molecule has 5 heteroatoms. The van der Waals surface area contributed by atoms with E-state index in [-0.39, 0.29) is 12.4 Å². The number of aliphatic hydroxyl groups is 1. The van der Waals surface area contributed by atoms with Crippen LogP contribution in [0.2, 0.25) is 0 Å². The summed E-state index contributed by atoms with van der Waals surface area (Å²) in [5.41, 5.74) is 2.59. The van der Waals surface area contributed by atoms with Crippen LogP contribution in [0.1, 0.15) is 28.7 Å². The van der Waals surface area contributed by atoms with Gasteiger partial charge in [-0.3, -0.25) is 4.79 Å². The van der Waals surface area contributed by atoms with Crippen LogP contribution in [-0.4, -0.2) is 33.2 Å². The van der Waals surface area contributed by atoms with Crippen LogP contribution in [0.5, 0.6) is 5.75 Å². The first-order valence-electron chi connectivity index (χ1n) is 6.87. The predicted molar refractivity (Wildman–Crippen MR) is 79.6 cm³/mol. The van der Waals surface area contributed by atoms with Gasteiger partial charge in [0.1, 0.15) is 18.5 Å². The maximum absolute atomic E-state index is 11.3. The molecule has 0 spiro atoms. The third kappa shape index (κ3) is 3.92. The third-order valence-corrected chi connectivity index (χ3v) is 3.44. The van der Waals surface area contributed by atoms with Gasteiger partial charge in [-0.15, -0.1) is 0 Å². The Morgan fingerprint density at radius 3 is 2.81 bits per heavy atom. The van der Waals surface area contributed by atoms with Gasteiger partial charge >= 0.3 is 0 Å². The molecule has 0 saturated carbocycles. The van der Waals surface area contributed by atoms with E-state index in [4.69, 9.17) is 4.74 Å². The van der Waals surface area contributed by atoms with E-state index in [9.17, 15) is 9.90 Å². The molecule has 0 amide bonds. The number of benzene rings is 1. The molecule has 0 fully saturated rings. The van der Waals surface area contributed by atoms with Crippen molar-refractivity contribution in [3.05, 3.63) is 47.5 Å². The first-order chi connectivity index (χ1) is 9.97. The number of nitrogens with zero attached hydrogens (tertiary/aromatic N) is 2. The minimum Gasteiger partial charge on any atom is -0.491 e. The number of rotatable bonds is 6. The van der Waals surface area contributed by atoms with Crippen LogP contribution in [-0.2, 0) is 6.54 Å². The third-order valence-electron chi connectivity index (χ3n) is 3.44. The number of aryl methyl sites for hydroxylation is 1. The molecule has 1 aromatic carbocycles. The van der Waals surface area contributed by atoms with Crippen molar-refractivity contribution in [3.8, 4) is 5.75 Å². The lowest BCUT2D eigenvalue weighted by molar-refractivity contribution is 0.0918. The molecule has 112 valence electrons. The summed E-state index contributed by atoms with van der Waals surface area (Å²) in [6, 6.07) is 6.96. The maximum atomic E-state index is 11.3. The molecular formula is C16H20N2O3. The Morgan fingerprint density at radius 1 is 1.43 bits per heavy atom. The molecule has 2 aromatic rings. The number of ether oxygens (including phenoxy) is 1. The van der Waals surface area contributed by atoms with E-state index in [1.54, 1.807) is 30.6 Å². The van der Waals surface area contributed by atoms with Crippen molar-refractivity contribution in [1.82, 2.24) is 9.55 Å². The van der Waals surface area contributed by atoms with Crippen LogP contribution >= 0.6 is 0 Å². The Bertz CT molecular complexity index is 634. The number of carbonyl (C=O) groups is 1. The molecule has 0 bridgehead atoms. The molecule has 1 N–H and O–H groups in total. The van der Waals surface area contributed by atoms with Gasteiger partial charge in [0.25, 0.3) is 0 Å². The van der Waals surface area contributed by atoms with Crippen LogP contribution < -0.4 is 4.74 Å². The Kier molecular flexibility index (Phi) is 4.75. The molecule has 1 heterocycles. The lowest BCUT2D eigenvalue weighted by Gasteiger charge is -2.14. The standard InChI is InChI=1S/C16H20N2O3/c1-11-12(2)18(10-17-11)8-15(20)9-21-16-6-4-5-14(7-16)13(3)19/h4-7,10,15,20H,8-9H2,1-3H3. The fourth-order valence-corrected chi connectivity index (χ4v) is 2.01. The molecule has 0 aliphatic heterocycles. The van der Waals surface area contributed by atoms with E-state index in [2.05, 4.69) is 4.98 Å². The largest absolute Gasteiger partial charge is 0.491 e. The number of Topliss-reactive ketones (excluding diaryl/α,β-unsaturated/α-hetero) is 1. The predicted octanol–water partition coefficient (Wildman–Crippen LogP) is 2.14. The number of aliphatic hydroxyl groups excluding tert-OH is 1. The molecule has 0 aliphatic rings. The topological polar surface area (TPSA) is 64.3 Å². The highest BCUT2D eigenvalue weighted by Crippen LogP contribution is 2.14. The first kappa shape index (κ1) is 15.3. The van der Waals surface area contributed by atoms with Crippen molar-refractivity contribution >= 4 is 5.78 Å². The summed E-state index contributed by atoms with van der Waals surface area (Å²) in [6.07, 6.45) is 1.07. The monoisotopic (exact) mass is 288 g/mol. The van der Waals surface area contributed by atoms with E-state index in [0.717, 1.165) is 11.4 Å². The second-order valence-electron chi connectivity index (χ2n) is 5.12. The van der Waals surface area contributed by atoms with Gasteiger partial charge in [-0.2, -0.15) is 0 Å². The number of aromatic nitrogens is 2. The van der Waals surface area contributed by atoms with Gasteiger partial charge in [-0.1, -0.05) is 12.1 Å². The number of hydrogen-bond acceptors (Lipinski definition) is 4. The smallest absolute Gasteiger partial charge is 0.159 e. The second-order valence-corrected chi connectivity index (χ2v) is 5.12. The van der Waals surface area contributed by atoms with Gasteiger partial charge in [-0.05, 0) is 32.9 Å². The van der Waals surface area contributed by atoms with Crippen LogP contribution in [0.15, 0.2) is 30.6 Å². The molecule has 1 unspecified atom stereocenters. The highest BCUT2D eigenvalue weighted by molar-refractivity contribution is 5.94. The summed E-state index contributed by atoms with van der Waals surface area (Å²) in [5.74, 6) is 0.575. The van der Waals surface area contributed by atoms with E-state index in [0.29, 0.717) is 17.9 Å². The fraction of sp³-hybridized carbons (Fsp3) is 0.375. The zero-order chi connectivity index (χ0) is 15.4. The molecule has 5 nitrogen and oxygen atoms in total. The summed E-state index contributed by atoms with van der Waals surface area (Å²) < 4.78 is 7.44. The first-order valence-corrected chi connectivity index (χ1v) is 6.87. The summed E-state index contributed by atoms with van der Waals surface area (Å²) in [6.45, 7) is 6.00. The van der Waals surface area contributed by atoms with E-state index in [1.165, 1.54) is 6.92 Å². The SMILES string of the molecule is CC(=O)c1cccc(OCC(O)Cn2cnc(C)c2C)c1. The Labute approximate surface area is 124 Å². The van der Waals surface area contributed by atoms with Gasteiger partial charge in [0.2, 0.25) is 0 Å². The van der Waals surface area contributed by atoms with E-state index < -0.39 is 6.10 Å². The van der Waals surface area contributed by atoms with Crippen LogP contribution in [0.4, 0.5) is 0 Å². The second kappa shape index (κ2) is 6.54.